The van der Waals surface area contributed by atoms with Gasteiger partial charge in [0, 0.05) is 0 Å². The van der Waals surface area contributed by atoms with Crippen LogP contribution in [0.15, 0.2) is 18.2 Å². The fourth-order valence-electron chi connectivity index (χ4n) is 0.996. The molecule has 0 aliphatic heterocycles. The first-order chi connectivity index (χ1) is 6.25. The Morgan fingerprint density at radius 3 is 2.92 bits per heavy atom. The van der Waals surface area contributed by atoms with Gasteiger partial charge in [0.2, 0.25) is 0 Å². The van der Waals surface area contributed by atoms with E-state index in [-0.39, 0.29) is 12.2 Å². The van der Waals surface area contributed by atoms with Gasteiger partial charge in [-0.3, -0.25) is 0 Å². The minimum atomic E-state index is 0.165. The van der Waals surface area contributed by atoms with E-state index in [1.165, 1.54) is 0 Å². The first-order valence-corrected chi connectivity index (χ1v) is 3.97. The van der Waals surface area contributed by atoms with Gasteiger partial charge in [0.1, 0.15) is 12.0 Å². The highest BCUT2D eigenvalue weighted by atomic mass is 16.3. The summed E-state index contributed by atoms with van der Waals surface area (Å²) in [6.07, 6.45) is 0.941. The molecule has 0 aliphatic rings. The largest absolute Gasteiger partial charge is 0.507 e. The molecule has 0 radical (unpaired) electrons. The van der Waals surface area contributed by atoms with Gasteiger partial charge >= 0.3 is 0 Å². The molecule has 0 atom stereocenters. The average Bonchev–Trinajstić information content (AvgIpc) is 2.10. The summed E-state index contributed by atoms with van der Waals surface area (Å²) < 4.78 is 0. The number of hydrogen-bond donors (Lipinski definition) is 1. The van der Waals surface area contributed by atoms with Crippen LogP contribution in [0, 0.1) is 18.8 Å². The number of carbonyl (C=O) groups excluding carboxylic acids is 1. The van der Waals surface area contributed by atoms with Gasteiger partial charge in [0.15, 0.2) is 0 Å². The Morgan fingerprint density at radius 2 is 2.31 bits per heavy atom. The highest BCUT2D eigenvalue weighted by Gasteiger charge is 1.98. The van der Waals surface area contributed by atoms with E-state index < -0.39 is 0 Å². The van der Waals surface area contributed by atoms with Crippen molar-refractivity contribution in [3.63, 3.8) is 0 Å². The minimum absolute atomic E-state index is 0.165. The van der Waals surface area contributed by atoms with Gasteiger partial charge in [-0.05, 0) is 18.6 Å². The molecule has 66 valence electrons. The highest BCUT2D eigenvalue weighted by Crippen LogP contribution is 2.18. The quantitative estimate of drug-likeness (QED) is 0.519. The Morgan fingerprint density at radius 1 is 1.54 bits per heavy atom. The van der Waals surface area contributed by atoms with Crippen molar-refractivity contribution in [2.75, 3.05) is 0 Å². The van der Waals surface area contributed by atoms with Crippen LogP contribution >= 0.6 is 0 Å². The summed E-state index contributed by atoms with van der Waals surface area (Å²) in [5, 5.41) is 9.40. The maximum Gasteiger partial charge on any atom is 0.131 e. The molecule has 0 heterocycles. The Kier molecular flexibility index (Phi) is 3.10. The third kappa shape index (κ3) is 2.34. The van der Waals surface area contributed by atoms with Crippen LogP contribution in [-0.4, -0.2) is 11.4 Å². The van der Waals surface area contributed by atoms with E-state index >= 15 is 0 Å². The molecule has 1 aromatic rings. The maximum absolute atomic E-state index is 10.00. The third-order valence-electron chi connectivity index (χ3n) is 1.65. The predicted molar refractivity (Wildman–Crippen MR) is 50.4 cm³/mol. The molecule has 13 heavy (non-hydrogen) atoms. The molecule has 0 spiro atoms. The number of phenols is 1. The SMILES string of the molecule is Cc1cccc(O)c1C#CCC=O. The van der Waals surface area contributed by atoms with E-state index in [2.05, 4.69) is 11.8 Å². The third-order valence-corrected chi connectivity index (χ3v) is 1.65. The summed E-state index contributed by atoms with van der Waals surface area (Å²) in [6.45, 7) is 1.87. The average molecular weight is 174 g/mol. The second-order valence-electron chi connectivity index (χ2n) is 2.64. The summed E-state index contributed by atoms with van der Waals surface area (Å²) in [5.41, 5.74) is 1.52. The molecular formula is C11H10O2. The van der Waals surface area contributed by atoms with Crippen molar-refractivity contribution < 1.29 is 9.90 Å². The molecule has 0 saturated heterocycles. The molecule has 0 amide bonds. The monoisotopic (exact) mass is 174 g/mol. The molecule has 0 aliphatic carbocycles. The summed E-state index contributed by atoms with van der Waals surface area (Å²) in [6, 6.07) is 5.21. The molecule has 0 unspecified atom stereocenters. The molecule has 0 saturated carbocycles. The molecule has 2 heteroatoms. The van der Waals surface area contributed by atoms with E-state index in [0.717, 1.165) is 11.8 Å². The number of benzene rings is 1. The van der Waals surface area contributed by atoms with Crippen LogP contribution in [0.25, 0.3) is 0 Å². The molecule has 2 nitrogen and oxygen atoms in total. The summed E-state index contributed by atoms with van der Waals surface area (Å²) in [7, 11) is 0. The minimum Gasteiger partial charge on any atom is -0.507 e. The Labute approximate surface area is 77.2 Å². The summed E-state index contributed by atoms with van der Waals surface area (Å²) in [5.74, 6) is 5.57. The van der Waals surface area contributed by atoms with Crippen LogP contribution in [0.2, 0.25) is 0 Å². The number of hydrogen-bond acceptors (Lipinski definition) is 2. The van der Waals surface area contributed by atoms with Gasteiger partial charge in [0.05, 0.1) is 12.0 Å². The first kappa shape index (κ1) is 9.34. The van der Waals surface area contributed by atoms with Crippen molar-refractivity contribution in [3.8, 4) is 17.6 Å². The van der Waals surface area contributed by atoms with Crippen LogP contribution in [0.4, 0.5) is 0 Å². The molecule has 1 aromatic carbocycles. The zero-order valence-electron chi connectivity index (χ0n) is 7.37. The normalized spacial score (nSPS) is 8.69. The zero-order chi connectivity index (χ0) is 9.68. The summed E-state index contributed by atoms with van der Waals surface area (Å²) >= 11 is 0. The second kappa shape index (κ2) is 4.32. The fraction of sp³-hybridized carbons (Fsp3) is 0.182. The Hall–Kier alpha value is -1.75. The lowest BCUT2D eigenvalue weighted by atomic mass is 10.1. The molecule has 0 bridgehead atoms. The van der Waals surface area contributed by atoms with Gasteiger partial charge in [-0.15, -0.1) is 0 Å². The number of aldehydes is 1. The van der Waals surface area contributed by atoms with Crippen molar-refractivity contribution in [1.82, 2.24) is 0 Å². The van der Waals surface area contributed by atoms with Gasteiger partial charge in [-0.25, -0.2) is 0 Å². The van der Waals surface area contributed by atoms with Crippen LogP contribution in [-0.2, 0) is 4.79 Å². The van der Waals surface area contributed by atoms with Crippen LogP contribution in [0.1, 0.15) is 17.5 Å². The van der Waals surface area contributed by atoms with E-state index in [0.29, 0.717) is 5.56 Å². The van der Waals surface area contributed by atoms with Gasteiger partial charge in [-0.2, -0.15) is 0 Å². The highest BCUT2D eigenvalue weighted by molar-refractivity contribution is 5.57. The second-order valence-corrected chi connectivity index (χ2v) is 2.64. The van der Waals surface area contributed by atoms with Gasteiger partial charge < -0.3 is 9.90 Å². The standard InChI is InChI=1S/C11H10O2/c1-9-5-4-7-11(13)10(9)6-2-3-8-12/h4-5,7-8,13H,3H2,1H3. The van der Waals surface area contributed by atoms with Gasteiger partial charge in [-0.1, -0.05) is 24.0 Å². The molecule has 0 fully saturated rings. The number of aromatic hydroxyl groups is 1. The number of carbonyl (C=O) groups is 1. The lowest BCUT2D eigenvalue weighted by Crippen LogP contribution is -1.82. The first-order valence-electron chi connectivity index (χ1n) is 3.97. The van der Waals surface area contributed by atoms with E-state index in [9.17, 15) is 9.90 Å². The van der Waals surface area contributed by atoms with Gasteiger partial charge in [0.25, 0.3) is 0 Å². The van der Waals surface area contributed by atoms with Crippen molar-refractivity contribution in [2.45, 2.75) is 13.3 Å². The summed E-state index contributed by atoms with van der Waals surface area (Å²) in [4.78, 5) is 10.00. The van der Waals surface area contributed by atoms with Crippen LogP contribution < -0.4 is 0 Å². The number of aryl methyl sites for hydroxylation is 1. The number of phenolic OH excluding ortho intramolecular Hbond substituents is 1. The fourth-order valence-corrected chi connectivity index (χ4v) is 0.996. The predicted octanol–water partition coefficient (Wildman–Crippen LogP) is 1.64. The molecule has 1 rings (SSSR count). The molecular weight excluding hydrogens is 164 g/mol. The lowest BCUT2D eigenvalue weighted by Gasteiger charge is -1.99. The molecule has 0 aromatic heterocycles. The van der Waals surface area contributed by atoms with Crippen molar-refractivity contribution in [1.29, 1.82) is 0 Å². The Bertz CT molecular complexity index is 349. The lowest BCUT2D eigenvalue weighted by molar-refractivity contribution is -0.107. The van der Waals surface area contributed by atoms with Crippen molar-refractivity contribution >= 4 is 6.29 Å². The van der Waals surface area contributed by atoms with E-state index in [1.807, 2.05) is 13.0 Å². The van der Waals surface area contributed by atoms with Crippen LogP contribution in [0.3, 0.4) is 0 Å². The Balaban J connectivity index is 3.01. The smallest absolute Gasteiger partial charge is 0.131 e. The topological polar surface area (TPSA) is 37.3 Å². The molecule has 1 N–H and O–H groups in total. The van der Waals surface area contributed by atoms with E-state index in [1.54, 1.807) is 12.1 Å². The zero-order valence-corrected chi connectivity index (χ0v) is 7.37. The number of rotatable bonds is 1. The van der Waals surface area contributed by atoms with E-state index in [4.69, 9.17) is 0 Å². The maximum atomic E-state index is 10.00. The van der Waals surface area contributed by atoms with Crippen LogP contribution in [0.5, 0.6) is 5.75 Å². The van der Waals surface area contributed by atoms with Crippen molar-refractivity contribution in [3.05, 3.63) is 29.3 Å². The van der Waals surface area contributed by atoms with Crippen molar-refractivity contribution in [2.24, 2.45) is 0 Å².